The number of nitrogens with one attached hydrogen (secondary N) is 3. The Bertz CT molecular complexity index is 1060. The normalized spacial score (nSPS) is 10.3. The van der Waals surface area contributed by atoms with E-state index in [9.17, 15) is 9.59 Å². The van der Waals surface area contributed by atoms with Crippen LogP contribution in [0.1, 0.15) is 27.0 Å². The molecule has 0 atom stereocenters. The topological polar surface area (TPSA) is 79.5 Å². The van der Waals surface area contributed by atoms with Crippen LogP contribution >= 0.6 is 0 Å². The zero-order valence-corrected chi connectivity index (χ0v) is 18.0. The lowest BCUT2D eigenvalue weighted by molar-refractivity contribution is -0.120. The van der Waals surface area contributed by atoms with Crippen molar-refractivity contribution in [3.8, 4) is 5.75 Å². The van der Waals surface area contributed by atoms with E-state index in [0.717, 1.165) is 22.6 Å². The lowest BCUT2D eigenvalue weighted by Crippen LogP contribution is -2.36. The van der Waals surface area contributed by atoms with E-state index in [1.807, 2.05) is 68.4 Å². The maximum absolute atomic E-state index is 12.7. The number of carbonyl (C=O) groups excluding carboxylic acids is 2. The SMILES string of the molecule is COc1ccc(CNC(=O)CNC(=O)c2ccccc2Nc2cccc(C)c2C)cc1. The molecule has 0 fully saturated rings. The Kier molecular flexibility index (Phi) is 7.27. The van der Waals surface area contributed by atoms with Crippen LogP contribution in [0, 0.1) is 13.8 Å². The number of para-hydroxylation sites is 1. The summed E-state index contributed by atoms with van der Waals surface area (Å²) in [6, 6.07) is 20.7. The maximum Gasteiger partial charge on any atom is 0.253 e. The first-order chi connectivity index (χ1) is 15.0. The van der Waals surface area contributed by atoms with Gasteiger partial charge in [0.2, 0.25) is 5.91 Å². The zero-order valence-electron chi connectivity index (χ0n) is 18.0. The number of carbonyl (C=O) groups is 2. The quantitative estimate of drug-likeness (QED) is 0.516. The van der Waals surface area contributed by atoms with Crippen molar-refractivity contribution in [3.05, 3.63) is 89.0 Å². The van der Waals surface area contributed by atoms with E-state index in [0.29, 0.717) is 17.8 Å². The fourth-order valence-electron chi connectivity index (χ4n) is 3.08. The van der Waals surface area contributed by atoms with Crippen LogP contribution in [0.3, 0.4) is 0 Å². The average Bonchev–Trinajstić information content (AvgIpc) is 2.79. The van der Waals surface area contributed by atoms with Gasteiger partial charge in [0.1, 0.15) is 5.75 Å². The highest BCUT2D eigenvalue weighted by molar-refractivity contribution is 6.01. The number of aryl methyl sites for hydroxylation is 1. The van der Waals surface area contributed by atoms with Gasteiger partial charge in [0.15, 0.2) is 0 Å². The summed E-state index contributed by atoms with van der Waals surface area (Å²) in [7, 11) is 1.61. The van der Waals surface area contributed by atoms with Crippen molar-refractivity contribution in [2.75, 3.05) is 19.0 Å². The van der Waals surface area contributed by atoms with Crippen LogP contribution in [0.15, 0.2) is 66.7 Å². The Morgan fingerprint density at radius 3 is 2.29 bits per heavy atom. The van der Waals surface area contributed by atoms with Crippen molar-refractivity contribution in [1.29, 1.82) is 0 Å². The minimum Gasteiger partial charge on any atom is -0.497 e. The summed E-state index contributed by atoms with van der Waals surface area (Å²) < 4.78 is 5.12. The van der Waals surface area contributed by atoms with Crippen LogP contribution in [-0.4, -0.2) is 25.5 Å². The largest absolute Gasteiger partial charge is 0.497 e. The number of methoxy groups -OCH3 is 1. The molecule has 0 aliphatic heterocycles. The molecule has 0 spiro atoms. The summed E-state index contributed by atoms with van der Waals surface area (Å²) in [6.07, 6.45) is 0. The summed E-state index contributed by atoms with van der Waals surface area (Å²) in [6.45, 7) is 4.35. The third-order valence-corrected chi connectivity index (χ3v) is 5.10. The highest BCUT2D eigenvalue weighted by Crippen LogP contribution is 2.25. The van der Waals surface area contributed by atoms with E-state index in [1.165, 1.54) is 5.56 Å². The molecule has 0 bridgehead atoms. The molecule has 0 radical (unpaired) electrons. The van der Waals surface area contributed by atoms with Crippen molar-refractivity contribution < 1.29 is 14.3 Å². The summed E-state index contributed by atoms with van der Waals surface area (Å²) in [5, 5.41) is 8.83. The van der Waals surface area contributed by atoms with E-state index in [4.69, 9.17) is 4.74 Å². The molecular weight excluding hydrogens is 390 g/mol. The fraction of sp³-hybridized carbons (Fsp3) is 0.200. The summed E-state index contributed by atoms with van der Waals surface area (Å²) >= 11 is 0. The van der Waals surface area contributed by atoms with Gasteiger partial charge in [0.05, 0.1) is 24.9 Å². The molecule has 0 saturated heterocycles. The van der Waals surface area contributed by atoms with Gasteiger partial charge in [-0.25, -0.2) is 0 Å². The van der Waals surface area contributed by atoms with Gasteiger partial charge in [-0.3, -0.25) is 9.59 Å². The molecule has 0 aliphatic rings. The number of hydrogen-bond donors (Lipinski definition) is 3. The van der Waals surface area contributed by atoms with Gasteiger partial charge in [-0.15, -0.1) is 0 Å². The fourth-order valence-corrected chi connectivity index (χ4v) is 3.08. The molecule has 6 nitrogen and oxygen atoms in total. The average molecular weight is 418 g/mol. The molecule has 2 amide bonds. The molecule has 3 aromatic rings. The Labute approximate surface area is 182 Å². The van der Waals surface area contributed by atoms with Crippen molar-refractivity contribution in [2.45, 2.75) is 20.4 Å². The van der Waals surface area contributed by atoms with Crippen LogP contribution < -0.4 is 20.7 Å². The Morgan fingerprint density at radius 1 is 0.839 bits per heavy atom. The van der Waals surface area contributed by atoms with E-state index >= 15 is 0 Å². The first kappa shape index (κ1) is 21.9. The monoisotopic (exact) mass is 417 g/mol. The molecule has 3 rings (SSSR count). The number of benzene rings is 3. The summed E-state index contributed by atoms with van der Waals surface area (Å²) in [4.78, 5) is 24.9. The summed E-state index contributed by atoms with van der Waals surface area (Å²) in [5.41, 5.74) is 5.34. The molecule has 3 aromatic carbocycles. The second-order valence-electron chi connectivity index (χ2n) is 7.23. The third-order valence-electron chi connectivity index (χ3n) is 5.10. The van der Waals surface area contributed by atoms with Crippen LogP contribution in [0.25, 0.3) is 0 Å². The van der Waals surface area contributed by atoms with Gasteiger partial charge < -0.3 is 20.7 Å². The molecule has 0 aromatic heterocycles. The number of ether oxygens (including phenoxy) is 1. The first-order valence-corrected chi connectivity index (χ1v) is 10.1. The standard InChI is InChI=1S/C25H27N3O3/c1-17-7-6-10-22(18(17)2)28-23-9-5-4-8-21(23)25(30)27-16-24(29)26-15-19-11-13-20(31-3)14-12-19/h4-14,28H,15-16H2,1-3H3,(H,26,29)(H,27,30). The van der Waals surface area contributed by atoms with E-state index in [2.05, 4.69) is 16.0 Å². The van der Waals surface area contributed by atoms with Gasteiger partial charge in [0, 0.05) is 12.2 Å². The molecular formula is C25H27N3O3. The van der Waals surface area contributed by atoms with Crippen LogP contribution in [0.5, 0.6) is 5.75 Å². The molecule has 6 heteroatoms. The second-order valence-corrected chi connectivity index (χ2v) is 7.23. The van der Waals surface area contributed by atoms with Crippen LogP contribution in [0.4, 0.5) is 11.4 Å². The maximum atomic E-state index is 12.7. The van der Waals surface area contributed by atoms with Gasteiger partial charge >= 0.3 is 0 Å². The predicted molar refractivity (Wildman–Crippen MR) is 123 cm³/mol. The van der Waals surface area contributed by atoms with Crippen LogP contribution in [-0.2, 0) is 11.3 Å². The lowest BCUT2D eigenvalue weighted by Gasteiger charge is -2.15. The molecule has 0 unspecified atom stereocenters. The van der Waals surface area contributed by atoms with E-state index < -0.39 is 0 Å². The first-order valence-electron chi connectivity index (χ1n) is 10.1. The second kappa shape index (κ2) is 10.3. The number of rotatable bonds is 8. The van der Waals surface area contributed by atoms with Gasteiger partial charge in [0.25, 0.3) is 5.91 Å². The highest BCUT2D eigenvalue weighted by atomic mass is 16.5. The molecule has 0 saturated carbocycles. The van der Waals surface area contributed by atoms with Crippen molar-refractivity contribution in [2.24, 2.45) is 0 Å². The minimum absolute atomic E-state index is 0.104. The lowest BCUT2D eigenvalue weighted by atomic mass is 10.1. The Morgan fingerprint density at radius 2 is 1.55 bits per heavy atom. The van der Waals surface area contributed by atoms with Gasteiger partial charge in [-0.1, -0.05) is 36.4 Å². The van der Waals surface area contributed by atoms with E-state index in [-0.39, 0.29) is 18.4 Å². The van der Waals surface area contributed by atoms with Gasteiger partial charge in [-0.05, 0) is 60.9 Å². The van der Waals surface area contributed by atoms with Gasteiger partial charge in [-0.2, -0.15) is 0 Å². The third kappa shape index (κ3) is 5.85. The molecule has 0 heterocycles. The molecule has 0 aliphatic carbocycles. The predicted octanol–water partition coefficient (Wildman–Crippen LogP) is 4.10. The molecule has 31 heavy (non-hydrogen) atoms. The molecule has 160 valence electrons. The number of anilines is 2. The highest BCUT2D eigenvalue weighted by Gasteiger charge is 2.13. The number of hydrogen-bond acceptors (Lipinski definition) is 4. The van der Waals surface area contributed by atoms with Crippen molar-refractivity contribution in [1.82, 2.24) is 10.6 Å². The van der Waals surface area contributed by atoms with E-state index in [1.54, 1.807) is 19.2 Å². The zero-order chi connectivity index (χ0) is 22.2. The smallest absolute Gasteiger partial charge is 0.253 e. The van der Waals surface area contributed by atoms with Crippen LogP contribution in [0.2, 0.25) is 0 Å². The summed E-state index contributed by atoms with van der Waals surface area (Å²) in [5.74, 6) is 0.188. The Balaban J connectivity index is 1.57. The van der Waals surface area contributed by atoms with Crippen molar-refractivity contribution in [3.63, 3.8) is 0 Å². The minimum atomic E-state index is -0.312. The molecule has 3 N–H and O–H groups in total. The van der Waals surface area contributed by atoms with Crippen molar-refractivity contribution >= 4 is 23.2 Å². The Hall–Kier alpha value is -3.80. The number of amides is 2.